The van der Waals surface area contributed by atoms with E-state index in [9.17, 15) is 10.1 Å². The van der Waals surface area contributed by atoms with Gasteiger partial charge in [0.15, 0.2) is 0 Å². The molecule has 3 heteroatoms. The third-order valence-electron chi connectivity index (χ3n) is 4.12. The molecule has 0 radical (unpaired) electrons. The molecule has 0 bridgehead atoms. The molecule has 0 atom stereocenters. The van der Waals surface area contributed by atoms with E-state index in [1.54, 1.807) is 12.1 Å². The number of nitrogens with zero attached hydrogens (tertiary/aromatic N) is 1. The first kappa shape index (κ1) is 13.5. The van der Waals surface area contributed by atoms with E-state index in [1.807, 2.05) is 30.3 Å². The summed E-state index contributed by atoms with van der Waals surface area (Å²) < 4.78 is 0. The summed E-state index contributed by atoms with van der Waals surface area (Å²) in [5.41, 5.74) is 2.02. The van der Waals surface area contributed by atoms with Gasteiger partial charge >= 0.3 is 0 Å². The molecule has 0 aliphatic heterocycles. The number of hydrogen-bond donors (Lipinski definition) is 0. The highest BCUT2D eigenvalue weighted by Gasteiger charge is 2.12. The molecule has 0 N–H and O–H groups in total. The van der Waals surface area contributed by atoms with Crippen LogP contribution in [0.5, 0.6) is 0 Å². The van der Waals surface area contributed by atoms with E-state index in [4.69, 9.17) is 0 Å². The number of fused-ring (bicyclic) bond motifs is 2. The second-order valence-electron chi connectivity index (χ2n) is 5.50. The van der Waals surface area contributed by atoms with Crippen LogP contribution in [0, 0.1) is 10.1 Å². The number of hydrogen-bond acceptors (Lipinski definition) is 2. The molecule has 0 saturated carbocycles. The maximum absolute atomic E-state index is 11.1. The molecular formula is C20H13NO2. The number of non-ortho nitro benzene ring substituents is 1. The van der Waals surface area contributed by atoms with Crippen molar-refractivity contribution in [2.24, 2.45) is 0 Å². The van der Waals surface area contributed by atoms with Crippen LogP contribution in [0.3, 0.4) is 0 Å². The van der Waals surface area contributed by atoms with Gasteiger partial charge in [0.25, 0.3) is 5.69 Å². The first-order chi connectivity index (χ1) is 11.2. The van der Waals surface area contributed by atoms with Crippen LogP contribution in [0.2, 0.25) is 0 Å². The van der Waals surface area contributed by atoms with Crippen molar-refractivity contribution in [3.63, 3.8) is 0 Å². The SMILES string of the molecule is O=[N+]([O-])c1cccc(-c2c3ccccc3cc3ccccc23)c1. The maximum atomic E-state index is 11.1. The Morgan fingerprint density at radius 3 is 1.91 bits per heavy atom. The Labute approximate surface area is 133 Å². The molecule has 0 aliphatic rings. The molecular weight excluding hydrogens is 286 g/mol. The van der Waals surface area contributed by atoms with Gasteiger partial charge in [0.05, 0.1) is 4.92 Å². The minimum atomic E-state index is -0.350. The van der Waals surface area contributed by atoms with Crippen molar-refractivity contribution < 1.29 is 4.92 Å². The third-order valence-corrected chi connectivity index (χ3v) is 4.12. The van der Waals surface area contributed by atoms with Crippen molar-refractivity contribution in [1.82, 2.24) is 0 Å². The van der Waals surface area contributed by atoms with Gasteiger partial charge in [0, 0.05) is 12.1 Å². The molecule has 0 saturated heterocycles. The van der Waals surface area contributed by atoms with Crippen molar-refractivity contribution >= 4 is 27.2 Å². The van der Waals surface area contributed by atoms with E-state index >= 15 is 0 Å². The summed E-state index contributed by atoms with van der Waals surface area (Å²) in [6.07, 6.45) is 0. The third kappa shape index (κ3) is 2.23. The summed E-state index contributed by atoms with van der Waals surface area (Å²) in [6.45, 7) is 0. The highest BCUT2D eigenvalue weighted by atomic mass is 16.6. The van der Waals surface area contributed by atoms with Gasteiger partial charge in [-0.05, 0) is 38.7 Å². The zero-order chi connectivity index (χ0) is 15.8. The van der Waals surface area contributed by atoms with Crippen LogP contribution >= 0.6 is 0 Å². The molecule has 110 valence electrons. The van der Waals surface area contributed by atoms with Gasteiger partial charge in [-0.2, -0.15) is 0 Å². The van der Waals surface area contributed by atoms with E-state index in [1.165, 1.54) is 6.07 Å². The predicted octanol–water partition coefficient (Wildman–Crippen LogP) is 5.57. The first-order valence-corrected chi connectivity index (χ1v) is 7.39. The summed E-state index contributed by atoms with van der Waals surface area (Å²) in [7, 11) is 0. The summed E-state index contributed by atoms with van der Waals surface area (Å²) in [5.74, 6) is 0. The predicted molar refractivity (Wildman–Crippen MR) is 93.5 cm³/mol. The molecule has 0 unspecified atom stereocenters. The maximum Gasteiger partial charge on any atom is 0.270 e. The van der Waals surface area contributed by atoms with Gasteiger partial charge in [-0.15, -0.1) is 0 Å². The molecule has 0 spiro atoms. The van der Waals surface area contributed by atoms with Crippen LogP contribution < -0.4 is 0 Å². The van der Waals surface area contributed by atoms with Gasteiger partial charge in [-0.25, -0.2) is 0 Å². The average molecular weight is 299 g/mol. The Morgan fingerprint density at radius 2 is 1.30 bits per heavy atom. The number of nitro benzene ring substituents is 1. The number of benzene rings is 4. The number of rotatable bonds is 2. The average Bonchev–Trinajstić information content (AvgIpc) is 2.59. The van der Waals surface area contributed by atoms with Gasteiger partial charge < -0.3 is 0 Å². The van der Waals surface area contributed by atoms with Crippen LogP contribution in [0.25, 0.3) is 32.7 Å². The molecule has 0 aromatic heterocycles. The molecule has 4 aromatic rings. The number of nitro groups is 1. The standard InChI is InChI=1S/C20H13NO2/c22-21(23)17-9-5-8-16(13-17)20-18-10-3-1-6-14(18)12-15-7-2-4-11-19(15)20/h1-13H. The second kappa shape index (κ2) is 5.21. The van der Waals surface area contributed by atoms with Crippen LogP contribution in [0.15, 0.2) is 78.9 Å². The lowest BCUT2D eigenvalue weighted by Crippen LogP contribution is -1.90. The molecule has 4 rings (SSSR count). The van der Waals surface area contributed by atoms with E-state index < -0.39 is 0 Å². The van der Waals surface area contributed by atoms with Crippen LogP contribution in [0.4, 0.5) is 5.69 Å². The van der Waals surface area contributed by atoms with Crippen LogP contribution in [-0.2, 0) is 0 Å². The molecule has 0 heterocycles. The molecule has 4 aromatic carbocycles. The Morgan fingerprint density at radius 1 is 0.696 bits per heavy atom. The van der Waals surface area contributed by atoms with Crippen LogP contribution in [-0.4, -0.2) is 4.92 Å². The summed E-state index contributed by atoms with van der Waals surface area (Å²) >= 11 is 0. The summed E-state index contributed by atoms with van der Waals surface area (Å²) in [6, 6.07) is 25.3. The van der Waals surface area contributed by atoms with E-state index in [0.717, 1.165) is 32.7 Å². The normalized spacial score (nSPS) is 11.0. The lowest BCUT2D eigenvalue weighted by molar-refractivity contribution is -0.384. The fourth-order valence-electron chi connectivity index (χ4n) is 3.10. The van der Waals surface area contributed by atoms with Crippen molar-refractivity contribution in [3.05, 3.63) is 89.0 Å². The highest BCUT2D eigenvalue weighted by molar-refractivity contribution is 6.12. The van der Waals surface area contributed by atoms with Crippen molar-refractivity contribution in [2.75, 3.05) is 0 Å². The zero-order valence-electron chi connectivity index (χ0n) is 12.3. The van der Waals surface area contributed by atoms with Crippen LogP contribution in [0.1, 0.15) is 0 Å². The Balaban J connectivity index is 2.15. The fourth-order valence-corrected chi connectivity index (χ4v) is 3.10. The lowest BCUT2D eigenvalue weighted by atomic mass is 9.92. The summed E-state index contributed by atoms with van der Waals surface area (Å²) in [4.78, 5) is 10.8. The Hall–Kier alpha value is -3.20. The minimum Gasteiger partial charge on any atom is -0.258 e. The largest absolute Gasteiger partial charge is 0.270 e. The van der Waals surface area contributed by atoms with Crippen molar-refractivity contribution in [2.45, 2.75) is 0 Å². The van der Waals surface area contributed by atoms with E-state index in [-0.39, 0.29) is 10.6 Å². The molecule has 0 amide bonds. The second-order valence-corrected chi connectivity index (χ2v) is 5.50. The Bertz CT molecular complexity index is 1000. The van der Waals surface area contributed by atoms with E-state index in [0.29, 0.717) is 0 Å². The molecule has 0 fully saturated rings. The molecule has 23 heavy (non-hydrogen) atoms. The monoisotopic (exact) mass is 299 g/mol. The van der Waals surface area contributed by atoms with E-state index in [2.05, 4.69) is 30.3 Å². The topological polar surface area (TPSA) is 43.1 Å². The minimum absolute atomic E-state index is 0.111. The van der Waals surface area contributed by atoms with Gasteiger partial charge in [0.1, 0.15) is 0 Å². The smallest absolute Gasteiger partial charge is 0.258 e. The molecule has 0 aliphatic carbocycles. The zero-order valence-corrected chi connectivity index (χ0v) is 12.3. The Kier molecular flexibility index (Phi) is 3.05. The quantitative estimate of drug-likeness (QED) is 0.276. The van der Waals surface area contributed by atoms with Crippen molar-refractivity contribution in [3.8, 4) is 11.1 Å². The van der Waals surface area contributed by atoms with Gasteiger partial charge in [-0.3, -0.25) is 10.1 Å². The fraction of sp³-hybridized carbons (Fsp3) is 0. The molecule has 3 nitrogen and oxygen atoms in total. The highest BCUT2D eigenvalue weighted by Crippen LogP contribution is 2.37. The summed E-state index contributed by atoms with van der Waals surface area (Å²) in [5, 5.41) is 15.6. The lowest BCUT2D eigenvalue weighted by Gasteiger charge is -2.12. The van der Waals surface area contributed by atoms with Gasteiger partial charge in [-0.1, -0.05) is 60.7 Å². The van der Waals surface area contributed by atoms with Gasteiger partial charge in [0.2, 0.25) is 0 Å². The van der Waals surface area contributed by atoms with Crippen molar-refractivity contribution in [1.29, 1.82) is 0 Å². The first-order valence-electron chi connectivity index (χ1n) is 7.39.